The molecule has 0 saturated heterocycles. The molecule has 1 fully saturated rings. The topological polar surface area (TPSA) is 38.5 Å². The molecule has 0 heterocycles. The predicted octanol–water partition coefficient (Wildman–Crippen LogP) is 2.52. The van der Waals surface area contributed by atoms with Crippen molar-refractivity contribution in [1.29, 1.82) is 0 Å². The third-order valence-electron chi connectivity index (χ3n) is 3.53. The Kier molecular flexibility index (Phi) is 3.89. The molecule has 1 saturated carbocycles. The van der Waals surface area contributed by atoms with Crippen molar-refractivity contribution in [2.45, 2.75) is 25.8 Å². The van der Waals surface area contributed by atoms with Gasteiger partial charge in [-0.3, -0.25) is 0 Å². The maximum absolute atomic E-state index is 5.86. The quantitative estimate of drug-likeness (QED) is 0.769. The highest BCUT2D eigenvalue weighted by Crippen LogP contribution is 2.37. The van der Waals surface area contributed by atoms with E-state index in [4.69, 9.17) is 10.5 Å². The fourth-order valence-corrected chi connectivity index (χ4v) is 2.29. The monoisotopic (exact) mass is 234 g/mol. The Morgan fingerprint density at radius 3 is 2.82 bits per heavy atom. The molecule has 2 N–H and O–H groups in total. The lowest BCUT2D eigenvalue weighted by Gasteiger charge is -2.31. The zero-order valence-electron chi connectivity index (χ0n) is 10.7. The highest BCUT2D eigenvalue weighted by atomic mass is 16.5. The van der Waals surface area contributed by atoms with Gasteiger partial charge < -0.3 is 15.4 Å². The minimum absolute atomic E-state index is 0.576. The molecule has 0 aliphatic heterocycles. The Balaban J connectivity index is 2.13. The van der Waals surface area contributed by atoms with Gasteiger partial charge in [-0.1, -0.05) is 6.07 Å². The van der Waals surface area contributed by atoms with Gasteiger partial charge in [0.1, 0.15) is 0 Å². The number of hydrogen-bond donors (Lipinski definition) is 1. The second kappa shape index (κ2) is 5.41. The molecule has 1 aliphatic carbocycles. The Morgan fingerprint density at radius 2 is 2.24 bits per heavy atom. The fourth-order valence-electron chi connectivity index (χ4n) is 2.29. The first-order valence-corrected chi connectivity index (χ1v) is 6.33. The van der Waals surface area contributed by atoms with Gasteiger partial charge >= 0.3 is 0 Å². The van der Waals surface area contributed by atoms with Crippen LogP contribution in [-0.2, 0) is 4.74 Å². The van der Waals surface area contributed by atoms with Crippen LogP contribution in [-0.4, -0.2) is 26.3 Å². The van der Waals surface area contributed by atoms with Crippen molar-refractivity contribution >= 4 is 11.4 Å². The van der Waals surface area contributed by atoms with Crippen molar-refractivity contribution in [3.05, 3.63) is 24.3 Å². The van der Waals surface area contributed by atoms with E-state index >= 15 is 0 Å². The van der Waals surface area contributed by atoms with Gasteiger partial charge in [-0.05, 0) is 43.9 Å². The SMILES string of the molecule is COCCN(c1cccc(N)c1)C(C)C1CC1. The van der Waals surface area contributed by atoms with Crippen LogP contribution in [0.2, 0.25) is 0 Å². The number of methoxy groups -OCH3 is 1. The summed E-state index contributed by atoms with van der Waals surface area (Å²) >= 11 is 0. The normalized spacial score (nSPS) is 16.8. The third-order valence-corrected chi connectivity index (χ3v) is 3.53. The molecule has 0 aromatic heterocycles. The summed E-state index contributed by atoms with van der Waals surface area (Å²) in [6.07, 6.45) is 2.71. The van der Waals surface area contributed by atoms with E-state index in [2.05, 4.69) is 24.0 Å². The first-order valence-electron chi connectivity index (χ1n) is 6.33. The lowest BCUT2D eigenvalue weighted by Crippen LogP contribution is -2.37. The van der Waals surface area contributed by atoms with E-state index in [9.17, 15) is 0 Å². The van der Waals surface area contributed by atoms with Gasteiger partial charge in [-0.15, -0.1) is 0 Å². The number of benzene rings is 1. The third kappa shape index (κ3) is 3.13. The Bertz CT molecular complexity index is 363. The van der Waals surface area contributed by atoms with E-state index in [1.807, 2.05) is 12.1 Å². The molecule has 2 rings (SSSR count). The minimum atomic E-state index is 0.576. The van der Waals surface area contributed by atoms with Crippen LogP contribution in [0.15, 0.2) is 24.3 Å². The number of nitrogens with two attached hydrogens (primary N) is 1. The Labute approximate surface area is 104 Å². The molecule has 3 heteroatoms. The van der Waals surface area contributed by atoms with Gasteiger partial charge in [0, 0.05) is 31.1 Å². The van der Waals surface area contributed by atoms with Gasteiger partial charge in [0.15, 0.2) is 0 Å². The molecule has 3 nitrogen and oxygen atoms in total. The van der Waals surface area contributed by atoms with Gasteiger partial charge in [0.2, 0.25) is 0 Å². The highest BCUT2D eigenvalue weighted by Gasteiger charge is 2.32. The maximum Gasteiger partial charge on any atom is 0.0637 e. The lowest BCUT2D eigenvalue weighted by atomic mass is 10.1. The van der Waals surface area contributed by atoms with Crippen molar-refractivity contribution in [3.63, 3.8) is 0 Å². The van der Waals surface area contributed by atoms with Gasteiger partial charge in [0.05, 0.1) is 6.61 Å². The molecule has 1 atom stereocenters. The van der Waals surface area contributed by atoms with E-state index in [0.29, 0.717) is 6.04 Å². The summed E-state index contributed by atoms with van der Waals surface area (Å²) in [5, 5.41) is 0. The number of hydrogen-bond acceptors (Lipinski definition) is 3. The van der Waals surface area contributed by atoms with Crippen molar-refractivity contribution in [2.24, 2.45) is 5.92 Å². The molecule has 0 amide bonds. The van der Waals surface area contributed by atoms with Crippen LogP contribution < -0.4 is 10.6 Å². The van der Waals surface area contributed by atoms with E-state index in [-0.39, 0.29) is 0 Å². The smallest absolute Gasteiger partial charge is 0.0637 e. The number of anilines is 2. The van der Waals surface area contributed by atoms with E-state index in [1.54, 1.807) is 7.11 Å². The molecule has 0 radical (unpaired) electrons. The van der Waals surface area contributed by atoms with Crippen LogP contribution in [0, 0.1) is 5.92 Å². The van der Waals surface area contributed by atoms with Crippen molar-refractivity contribution in [3.8, 4) is 0 Å². The maximum atomic E-state index is 5.86. The summed E-state index contributed by atoms with van der Waals surface area (Å²) in [6, 6.07) is 8.70. The van der Waals surface area contributed by atoms with Crippen LogP contribution >= 0.6 is 0 Å². The molecule has 1 aromatic rings. The van der Waals surface area contributed by atoms with E-state index < -0.39 is 0 Å². The summed E-state index contributed by atoms with van der Waals surface area (Å²) in [5.41, 5.74) is 7.90. The Morgan fingerprint density at radius 1 is 1.47 bits per heavy atom. The van der Waals surface area contributed by atoms with Gasteiger partial charge in [-0.25, -0.2) is 0 Å². The number of ether oxygens (including phenoxy) is 1. The lowest BCUT2D eigenvalue weighted by molar-refractivity contribution is 0.202. The van der Waals surface area contributed by atoms with Gasteiger partial charge in [-0.2, -0.15) is 0 Å². The van der Waals surface area contributed by atoms with Crippen LogP contribution in [0.4, 0.5) is 11.4 Å². The molecular formula is C14H22N2O. The molecule has 0 spiro atoms. The molecule has 17 heavy (non-hydrogen) atoms. The second-order valence-corrected chi connectivity index (χ2v) is 4.86. The molecular weight excluding hydrogens is 212 g/mol. The summed E-state index contributed by atoms with van der Waals surface area (Å²) in [6.45, 7) is 3.99. The Hall–Kier alpha value is -1.22. The summed E-state index contributed by atoms with van der Waals surface area (Å²) in [4.78, 5) is 2.41. The zero-order valence-corrected chi connectivity index (χ0v) is 10.7. The fraction of sp³-hybridized carbons (Fsp3) is 0.571. The minimum Gasteiger partial charge on any atom is -0.399 e. The predicted molar refractivity (Wildman–Crippen MR) is 72.3 cm³/mol. The van der Waals surface area contributed by atoms with Gasteiger partial charge in [0.25, 0.3) is 0 Å². The molecule has 1 aromatic carbocycles. The van der Waals surface area contributed by atoms with Crippen LogP contribution in [0.5, 0.6) is 0 Å². The second-order valence-electron chi connectivity index (χ2n) is 4.86. The van der Waals surface area contributed by atoms with E-state index in [0.717, 1.165) is 24.8 Å². The zero-order chi connectivity index (χ0) is 12.3. The molecule has 94 valence electrons. The first kappa shape index (κ1) is 12.2. The standard InChI is InChI=1S/C14H22N2O/c1-11(12-6-7-12)16(8-9-17-2)14-5-3-4-13(15)10-14/h3-5,10-12H,6-9,15H2,1-2H3. The molecule has 1 aliphatic rings. The number of rotatable bonds is 6. The number of nitrogen functional groups attached to an aromatic ring is 1. The average Bonchev–Trinajstić information content (AvgIpc) is 3.13. The molecule has 0 bridgehead atoms. The summed E-state index contributed by atoms with van der Waals surface area (Å²) in [7, 11) is 1.75. The summed E-state index contributed by atoms with van der Waals surface area (Å²) < 4.78 is 5.20. The molecule has 1 unspecified atom stereocenters. The van der Waals surface area contributed by atoms with Crippen LogP contribution in [0.1, 0.15) is 19.8 Å². The van der Waals surface area contributed by atoms with Crippen molar-refractivity contribution in [1.82, 2.24) is 0 Å². The van der Waals surface area contributed by atoms with Crippen molar-refractivity contribution < 1.29 is 4.74 Å². The van der Waals surface area contributed by atoms with Crippen LogP contribution in [0.25, 0.3) is 0 Å². The first-order chi connectivity index (χ1) is 8.22. The average molecular weight is 234 g/mol. The number of nitrogens with zero attached hydrogens (tertiary/aromatic N) is 1. The summed E-state index contributed by atoms with van der Waals surface area (Å²) in [5.74, 6) is 0.841. The van der Waals surface area contributed by atoms with Crippen molar-refractivity contribution in [2.75, 3.05) is 30.9 Å². The highest BCUT2D eigenvalue weighted by molar-refractivity contribution is 5.56. The van der Waals surface area contributed by atoms with Crippen LogP contribution in [0.3, 0.4) is 0 Å². The van der Waals surface area contributed by atoms with E-state index in [1.165, 1.54) is 18.5 Å². The largest absolute Gasteiger partial charge is 0.399 e.